The van der Waals surface area contributed by atoms with Crippen LogP contribution in [0.1, 0.15) is 21.7 Å². The zero-order valence-corrected chi connectivity index (χ0v) is 10.1. The van der Waals surface area contributed by atoms with Gasteiger partial charge in [0, 0.05) is 18.5 Å². The van der Waals surface area contributed by atoms with E-state index in [0.717, 1.165) is 11.3 Å². The van der Waals surface area contributed by atoms with Gasteiger partial charge in [0.1, 0.15) is 11.5 Å². The van der Waals surface area contributed by atoms with Gasteiger partial charge < -0.3 is 14.8 Å². The lowest BCUT2D eigenvalue weighted by Crippen LogP contribution is -2.26. The van der Waals surface area contributed by atoms with Gasteiger partial charge in [-0.3, -0.25) is 4.79 Å². The van der Waals surface area contributed by atoms with E-state index in [1.165, 1.54) is 6.07 Å². The summed E-state index contributed by atoms with van der Waals surface area (Å²) in [6.45, 7) is 2.31. The monoisotopic (exact) mass is 245 g/mol. The molecule has 0 aliphatic carbocycles. The second-order valence-corrected chi connectivity index (χ2v) is 4.08. The molecule has 1 aromatic heterocycles. The maximum atomic E-state index is 11.9. The SMILES string of the molecule is Cc1cc(O)ccc1C(=O)NCCc1ccco1. The minimum atomic E-state index is -0.140. The van der Waals surface area contributed by atoms with Crippen molar-refractivity contribution in [3.8, 4) is 5.75 Å². The van der Waals surface area contributed by atoms with Crippen molar-refractivity contribution in [3.05, 3.63) is 53.5 Å². The molecule has 0 saturated carbocycles. The Balaban J connectivity index is 1.91. The average molecular weight is 245 g/mol. The summed E-state index contributed by atoms with van der Waals surface area (Å²) >= 11 is 0. The summed E-state index contributed by atoms with van der Waals surface area (Å²) in [5.41, 5.74) is 1.33. The van der Waals surface area contributed by atoms with Gasteiger partial charge in [-0.05, 0) is 42.8 Å². The summed E-state index contributed by atoms with van der Waals surface area (Å²) in [6.07, 6.45) is 2.27. The van der Waals surface area contributed by atoms with Crippen LogP contribution in [-0.4, -0.2) is 17.6 Å². The summed E-state index contributed by atoms with van der Waals surface area (Å²) in [6, 6.07) is 8.39. The van der Waals surface area contributed by atoms with Gasteiger partial charge in [-0.1, -0.05) is 0 Å². The largest absolute Gasteiger partial charge is 0.508 e. The van der Waals surface area contributed by atoms with Crippen LogP contribution < -0.4 is 5.32 Å². The zero-order valence-electron chi connectivity index (χ0n) is 10.1. The summed E-state index contributed by atoms with van der Waals surface area (Å²) in [4.78, 5) is 11.9. The Morgan fingerprint density at radius 2 is 2.22 bits per heavy atom. The first kappa shape index (κ1) is 12.2. The minimum absolute atomic E-state index is 0.140. The van der Waals surface area contributed by atoms with E-state index in [0.29, 0.717) is 18.5 Å². The van der Waals surface area contributed by atoms with Crippen molar-refractivity contribution in [1.82, 2.24) is 5.32 Å². The van der Waals surface area contributed by atoms with Crippen LogP contribution in [0.4, 0.5) is 0 Å². The van der Waals surface area contributed by atoms with Crippen molar-refractivity contribution in [3.63, 3.8) is 0 Å². The molecule has 2 N–H and O–H groups in total. The third kappa shape index (κ3) is 2.91. The number of phenolic OH excluding ortho intramolecular Hbond substituents is 1. The van der Waals surface area contributed by atoms with E-state index in [1.807, 2.05) is 12.1 Å². The Labute approximate surface area is 105 Å². The van der Waals surface area contributed by atoms with E-state index in [2.05, 4.69) is 5.32 Å². The van der Waals surface area contributed by atoms with Crippen LogP contribution in [0.15, 0.2) is 41.0 Å². The first-order chi connectivity index (χ1) is 8.66. The zero-order chi connectivity index (χ0) is 13.0. The fourth-order valence-electron chi connectivity index (χ4n) is 1.75. The molecule has 0 radical (unpaired) electrons. The number of benzene rings is 1. The highest BCUT2D eigenvalue weighted by atomic mass is 16.3. The maximum absolute atomic E-state index is 11.9. The first-order valence-electron chi connectivity index (χ1n) is 5.77. The van der Waals surface area contributed by atoms with Crippen molar-refractivity contribution in [2.24, 2.45) is 0 Å². The maximum Gasteiger partial charge on any atom is 0.251 e. The Kier molecular flexibility index (Phi) is 3.67. The van der Waals surface area contributed by atoms with Crippen LogP contribution in [0.5, 0.6) is 5.75 Å². The fraction of sp³-hybridized carbons (Fsp3) is 0.214. The number of aromatic hydroxyl groups is 1. The Hall–Kier alpha value is -2.23. The predicted octanol–water partition coefficient (Wildman–Crippen LogP) is 2.27. The smallest absolute Gasteiger partial charge is 0.251 e. The Morgan fingerprint density at radius 3 is 2.89 bits per heavy atom. The predicted molar refractivity (Wildman–Crippen MR) is 67.6 cm³/mol. The molecule has 94 valence electrons. The standard InChI is InChI=1S/C14H15NO3/c1-10-9-11(16)4-5-13(10)14(17)15-7-6-12-3-2-8-18-12/h2-5,8-9,16H,6-7H2,1H3,(H,15,17). The molecule has 0 saturated heterocycles. The average Bonchev–Trinajstić information content (AvgIpc) is 2.81. The van der Waals surface area contributed by atoms with E-state index in [4.69, 9.17) is 4.42 Å². The van der Waals surface area contributed by atoms with E-state index < -0.39 is 0 Å². The van der Waals surface area contributed by atoms with Gasteiger partial charge in [0.15, 0.2) is 0 Å². The molecule has 0 aliphatic heterocycles. The number of rotatable bonds is 4. The van der Waals surface area contributed by atoms with Gasteiger partial charge in [-0.25, -0.2) is 0 Å². The second kappa shape index (κ2) is 5.40. The third-order valence-corrected chi connectivity index (χ3v) is 2.69. The van der Waals surface area contributed by atoms with E-state index in [9.17, 15) is 9.90 Å². The quantitative estimate of drug-likeness (QED) is 0.868. The fourth-order valence-corrected chi connectivity index (χ4v) is 1.75. The van der Waals surface area contributed by atoms with E-state index in [-0.39, 0.29) is 11.7 Å². The van der Waals surface area contributed by atoms with Crippen molar-refractivity contribution in [2.75, 3.05) is 6.54 Å². The Morgan fingerprint density at radius 1 is 1.39 bits per heavy atom. The molecule has 4 nitrogen and oxygen atoms in total. The number of furan rings is 1. The van der Waals surface area contributed by atoms with Crippen LogP contribution in [0.3, 0.4) is 0 Å². The summed E-state index contributed by atoms with van der Waals surface area (Å²) in [5, 5.41) is 12.1. The van der Waals surface area contributed by atoms with Gasteiger partial charge in [0.25, 0.3) is 5.91 Å². The van der Waals surface area contributed by atoms with Gasteiger partial charge in [0.05, 0.1) is 6.26 Å². The number of hydrogen-bond donors (Lipinski definition) is 2. The van der Waals surface area contributed by atoms with E-state index >= 15 is 0 Å². The van der Waals surface area contributed by atoms with Gasteiger partial charge in [0.2, 0.25) is 0 Å². The number of amides is 1. The molecule has 2 aromatic rings. The number of nitrogens with one attached hydrogen (secondary N) is 1. The van der Waals surface area contributed by atoms with Crippen molar-refractivity contribution in [2.45, 2.75) is 13.3 Å². The molecule has 0 fully saturated rings. The van der Waals surface area contributed by atoms with Crippen LogP contribution >= 0.6 is 0 Å². The second-order valence-electron chi connectivity index (χ2n) is 4.08. The molecular formula is C14H15NO3. The van der Waals surface area contributed by atoms with Crippen LogP contribution in [0, 0.1) is 6.92 Å². The lowest BCUT2D eigenvalue weighted by molar-refractivity contribution is 0.0953. The van der Waals surface area contributed by atoms with Crippen molar-refractivity contribution < 1.29 is 14.3 Å². The van der Waals surface area contributed by atoms with Crippen LogP contribution in [0.25, 0.3) is 0 Å². The molecule has 0 unspecified atom stereocenters. The topological polar surface area (TPSA) is 62.5 Å². The third-order valence-electron chi connectivity index (χ3n) is 2.69. The van der Waals surface area contributed by atoms with Gasteiger partial charge >= 0.3 is 0 Å². The number of carbonyl (C=O) groups excluding carboxylic acids is 1. The number of carbonyl (C=O) groups is 1. The molecule has 2 rings (SSSR count). The van der Waals surface area contributed by atoms with E-state index in [1.54, 1.807) is 25.3 Å². The number of aryl methyl sites for hydroxylation is 1. The molecule has 0 spiro atoms. The molecule has 1 aromatic carbocycles. The van der Waals surface area contributed by atoms with Crippen molar-refractivity contribution >= 4 is 5.91 Å². The highest BCUT2D eigenvalue weighted by Gasteiger charge is 2.08. The summed E-state index contributed by atoms with van der Waals surface area (Å²) < 4.78 is 5.18. The number of phenols is 1. The van der Waals surface area contributed by atoms with Gasteiger partial charge in [-0.15, -0.1) is 0 Å². The molecule has 1 amide bonds. The lowest BCUT2D eigenvalue weighted by Gasteiger charge is -2.07. The van der Waals surface area contributed by atoms with Crippen LogP contribution in [0.2, 0.25) is 0 Å². The first-order valence-corrected chi connectivity index (χ1v) is 5.77. The molecule has 1 heterocycles. The Bertz CT molecular complexity index is 532. The molecule has 18 heavy (non-hydrogen) atoms. The minimum Gasteiger partial charge on any atom is -0.508 e. The van der Waals surface area contributed by atoms with Crippen molar-refractivity contribution in [1.29, 1.82) is 0 Å². The molecule has 4 heteroatoms. The number of hydrogen-bond acceptors (Lipinski definition) is 3. The lowest BCUT2D eigenvalue weighted by atomic mass is 10.1. The molecular weight excluding hydrogens is 230 g/mol. The van der Waals surface area contributed by atoms with Gasteiger partial charge in [-0.2, -0.15) is 0 Å². The molecule has 0 atom stereocenters. The normalized spacial score (nSPS) is 10.3. The summed E-state index contributed by atoms with van der Waals surface area (Å²) in [5.74, 6) is 0.872. The summed E-state index contributed by atoms with van der Waals surface area (Å²) in [7, 11) is 0. The highest BCUT2D eigenvalue weighted by molar-refractivity contribution is 5.95. The molecule has 0 bridgehead atoms. The molecule has 0 aliphatic rings. The highest BCUT2D eigenvalue weighted by Crippen LogP contribution is 2.15. The van der Waals surface area contributed by atoms with Crippen LogP contribution in [-0.2, 0) is 6.42 Å².